The summed E-state index contributed by atoms with van der Waals surface area (Å²) in [4.78, 5) is 20.5. The number of carboxylic acid groups (broad SMARTS) is 1. The Bertz CT molecular complexity index is 1110. The van der Waals surface area contributed by atoms with E-state index in [-0.39, 0.29) is 24.0 Å². The highest BCUT2D eigenvalue weighted by molar-refractivity contribution is 5.80. The number of aromatic nitrogens is 3. The fourth-order valence-electron chi connectivity index (χ4n) is 4.91. The molecule has 2 aromatic heterocycles. The smallest absolute Gasteiger partial charge is 0.404 e. The van der Waals surface area contributed by atoms with Crippen molar-refractivity contribution >= 4 is 17.1 Å². The molecule has 0 radical (unpaired) electrons. The van der Waals surface area contributed by atoms with Crippen LogP contribution in [0.1, 0.15) is 56.4 Å². The number of nitrogens with zero attached hydrogens (tertiary/aromatic N) is 3. The number of carbonyl (C=O) groups is 1. The zero-order chi connectivity index (χ0) is 21.4. The van der Waals surface area contributed by atoms with Crippen LogP contribution in [0, 0.1) is 5.82 Å². The normalized spacial score (nSPS) is 23.8. The zero-order valence-electron chi connectivity index (χ0n) is 17.1. The second kappa shape index (κ2) is 8.26. The Hall–Kier alpha value is -3.00. The second-order valence-corrected chi connectivity index (χ2v) is 8.35. The van der Waals surface area contributed by atoms with Crippen molar-refractivity contribution < 1.29 is 19.0 Å². The van der Waals surface area contributed by atoms with Crippen LogP contribution in [-0.4, -0.2) is 38.4 Å². The van der Waals surface area contributed by atoms with Crippen LogP contribution in [0.4, 0.5) is 9.18 Å². The highest BCUT2D eigenvalue weighted by Crippen LogP contribution is 2.38. The lowest BCUT2D eigenvalue weighted by molar-refractivity contribution is 0.109. The Kier molecular flexibility index (Phi) is 5.31. The summed E-state index contributed by atoms with van der Waals surface area (Å²) in [6.07, 6.45) is 5.83. The monoisotopic (exact) mass is 424 g/mol. The van der Waals surface area contributed by atoms with Gasteiger partial charge in [0.15, 0.2) is 0 Å². The summed E-state index contributed by atoms with van der Waals surface area (Å²) in [6.45, 7) is 0.731. The molecule has 2 aliphatic rings. The number of pyridine rings is 1. The maximum Gasteiger partial charge on any atom is 0.404 e. The Morgan fingerprint density at radius 2 is 2.10 bits per heavy atom. The molecule has 0 spiro atoms. The Morgan fingerprint density at radius 1 is 1.23 bits per heavy atom. The third-order valence-corrected chi connectivity index (χ3v) is 6.31. The van der Waals surface area contributed by atoms with Crippen LogP contribution in [0.15, 0.2) is 36.5 Å². The number of hydrogen-bond acceptors (Lipinski definition) is 4. The van der Waals surface area contributed by atoms with Gasteiger partial charge in [0.25, 0.3) is 0 Å². The van der Waals surface area contributed by atoms with Gasteiger partial charge in [-0.3, -0.25) is 4.98 Å². The van der Waals surface area contributed by atoms with Gasteiger partial charge < -0.3 is 19.7 Å². The van der Waals surface area contributed by atoms with Gasteiger partial charge in [0, 0.05) is 18.7 Å². The van der Waals surface area contributed by atoms with Gasteiger partial charge in [-0.05, 0) is 56.7 Å². The molecule has 1 aromatic carbocycles. The van der Waals surface area contributed by atoms with Crippen LogP contribution in [0.3, 0.4) is 0 Å². The van der Waals surface area contributed by atoms with E-state index in [1.807, 2.05) is 6.07 Å². The highest BCUT2D eigenvalue weighted by Gasteiger charge is 2.29. The maximum atomic E-state index is 14.7. The second-order valence-electron chi connectivity index (χ2n) is 8.35. The SMILES string of the molecule is O=C(O)N[C@H]1CCC[C@@H](n2c(-c3ccccc3F)nc3cnc([C@@H]4CCCO4)cc32)C1. The molecular weight excluding hydrogens is 399 g/mol. The predicted octanol–water partition coefficient (Wildman–Crippen LogP) is 4.84. The molecule has 0 unspecified atom stereocenters. The van der Waals surface area contributed by atoms with E-state index in [0.29, 0.717) is 23.3 Å². The summed E-state index contributed by atoms with van der Waals surface area (Å²) < 4.78 is 22.6. The van der Waals surface area contributed by atoms with Crippen molar-refractivity contribution in [1.82, 2.24) is 19.9 Å². The summed E-state index contributed by atoms with van der Waals surface area (Å²) in [5, 5.41) is 11.8. The molecular formula is C23H25FN4O3. The van der Waals surface area contributed by atoms with Crippen LogP contribution >= 0.6 is 0 Å². The minimum atomic E-state index is -1.01. The summed E-state index contributed by atoms with van der Waals surface area (Å²) >= 11 is 0. The first kappa shape index (κ1) is 19.9. The molecule has 2 fully saturated rings. The Morgan fingerprint density at radius 3 is 2.87 bits per heavy atom. The average molecular weight is 424 g/mol. The van der Waals surface area contributed by atoms with Crippen LogP contribution in [-0.2, 0) is 4.74 Å². The number of nitrogens with one attached hydrogen (secondary N) is 1. The number of hydrogen-bond donors (Lipinski definition) is 2. The minimum Gasteiger partial charge on any atom is -0.465 e. The molecule has 1 saturated heterocycles. The number of benzene rings is 1. The molecule has 2 N–H and O–H groups in total. The largest absolute Gasteiger partial charge is 0.465 e. The number of amides is 1. The van der Waals surface area contributed by atoms with Crippen molar-refractivity contribution in [3.8, 4) is 11.4 Å². The molecule has 1 aliphatic carbocycles. The summed E-state index contributed by atoms with van der Waals surface area (Å²) in [7, 11) is 0. The van der Waals surface area contributed by atoms with E-state index >= 15 is 0 Å². The van der Waals surface area contributed by atoms with Crippen molar-refractivity contribution in [3.05, 3.63) is 48.0 Å². The van der Waals surface area contributed by atoms with E-state index in [0.717, 1.165) is 49.9 Å². The van der Waals surface area contributed by atoms with Crippen LogP contribution in [0.5, 0.6) is 0 Å². The van der Waals surface area contributed by atoms with E-state index in [9.17, 15) is 14.3 Å². The van der Waals surface area contributed by atoms with Crippen molar-refractivity contribution in [2.24, 2.45) is 0 Å². The van der Waals surface area contributed by atoms with Crippen molar-refractivity contribution in [2.45, 2.75) is 56.7 Å². The maximum absolute atomic E-state index is 14.7. The zero-order valence-corrected chi connectivity index (χ0v) is 17.1. The molecule has 0 bridgehead atoms. The summed E-state index contributed by atoms with van der Waals surface area (Å²) in [5.74, 6) is 0.225. The average Bonchev–Trinajstić information content (AvgIpc) is 3.41. The number of imidazole rings is 1. The van der Waals surface area contributed by atoms with Gasteiger partial charge in [-0.25, -0.2) is 14.2 Å². The molecule has 1 aliphatic heterocycles. The van der Waals surface area contributed by atoms with Gasteiger partial charge >= 0.3 is 6.09 Å². The van der Waals surface area contributed by atoms with E-state index < -0.39 is 6.09 Å². The summed E-state index contributed by atoms with van der Waals surface area (Å²) in [6, 6.07) is 8.51. The Labute approximate surface area is 179 Å². The fourth-order valence-corrected chi connectivity index (χ4v) is 4.91. The first-order valence-electron chi connectivity index (χ1n) is 10.8. The number of halogens is 1. The first-order valence-corrected chi connectivity index (χ1v) is 10.8. The van der Waals surface area contributed by atoms with Gasteiger partial charge in [-0.1, -0.05) is 12.1 Å². The lowest BCUT2D eigenvalue weighted by Crippen LogP contribution is -2.38. The molecule has 3 atom stereocenters. The van der Waals surface area contributed by atoms with Gasteiger partial charge in [-0.15, -0.1) is 0 Å². The molecule has 3 heterocycles. The van der Waals surface area contributed by atoms with Crippen molar-refractivity contribution in [3.63, 3.8) is 0 Å². The van der Waals surface area contributed by atoms with Crippen LogP contribution < -0.4 is 5.32 Å². The molecule has 7 nitrogen and oxygen atoms in total. The van der Waals surface area contributed by atoms with Crippen LogP contribution in [0.2, 0.25) is 0 Å². The summed E-state index contributed by atoms with van der Waals surface area (Å²) in [5.41, 5.74) is 2.89. The van der Waals surface area contributed by atoms with E-state index in [4.69, 9.17) is 9.72 Å². The fraction of sp³-hybridized carbons (Fsp3) is 0.435. The van der Waals surface area contributed by atoms with Gasteiger partial charge in [0.2, 0.25) is 0 Å². The van der Waals surface area contributed by atoms with E-state index in [2.05, 4.69) is 14.9 Å². The standard InChI is InChI=1S/C23H25FN4O3/c24-17-8-2-1-7-16(17)22-27-19-13-25-18(21-9-4-10-31-21)12-20(19)28(22)15-6-3-5-14(11-15)26-23(29)30/h1-2,7-8,12-15,21,26H,3-6,9-11H2,(H,29,30)/t14-,15+,21-/m0/s1. The van der Waals surface area contributed by atoms with E-state index in [1.54, 1.807) is 24.4 Å². The molecule has 8 heteroatoms. The number of rotatable bonds is 4. The Balaban J connectivity index is 1.63. The molecule has 31 heavy (non-hydrogen) atoms. The topological polar surface area (TPSA) is 89.3 Å². The van der Waals surface area contributed by atoms with Crippen LogP contribution in [0.25, 0.3) is 22.4 Å². The molecule has 1 saturated carbocycles. The first-order chi connectivity index (χ1) is 15.1. The quantitative estimate of drug-likeness (QED) is 0.626. The molecule has 3 aromatic rings. The van der Waals surface area contributed by atoms with Crippen molar-refractivity contribution in [1.29, 1.82) is 0 Å². The third-order valence-electron chi connectivity index (χ3n) is 6.31. The van der Waals surface area contributed by atoms with Gasteiger partial charge in [-0.2, -0.15) is 0 Å². The molecule has 5 rings (SSSR count). The van der Waals surface area contributed by atoms with Gasteiger partial charge in [0.05, 0.1) is 29.1 Å². The third kappa shape index (κ3) is 3.87. The number of fused-ring (bicyclic) bond motifs is 1. The minimum absolute atomic E-state index is 0.00459. The van der Waals surface area contributed by atoms with E-state index in [1.165, 1.54) is 6.07 Å². The lowest BCUT2D eigenvalue weighted by atomic mass is 9.90. The number of ether oxygens (including phenoxy) is 1. The highest BCUT2D eigenvalue weighted by atomic mass is 19.1. The van der Waals surface area contributed by atoms with Crippen molar-refractivity contribution in [2.75, 3.05) is 6.61 Å². The molecule has 1 amide bonds. The van der Waals surface area contributed by atoms with Gasteiger partial charge in [0.1, 0.15) is 17.2 Å². The lowest BCUT2D eigenvalue weighted by Gasteiger charge is -2.31. The predicted molar refractivity (Wildman–Crippen MR) is 113 cm³/mol. The molecule has 162 valence electrons.